The minimum Gasteiger partial charge on any atom is -0.356 e. The molecule has 2 aromatic rings. The number of sulfonamides is 1. The van der Waals surface area contributed by atoms with Crippen LogP contribution in [0.1, 0.15) is 5.56 Å². The van der Waals surface area contributed by atoms with Crippen LogP contribution in [-0.2, 0) is 16.6 Å². The number of hydrogen-bond acceptors (Lipinski definition) is 4. The van der Waals surface area contributed by atoms with Crippen LogP contribution in [0.5, 0.6) is 0 Å². The van der Waals surface area contributed by atoms with Crippen LogP contribution in [0.25, 0.3) is 0 Å². The lowest BCUT2D eigenvalue weighted by Gasteiger charge is -2.12. The smallest absolute Gasteiger partial charge is 0.238 e. The van der Waals surface area contributed by atoms with E-state index in [2.05, 4.69) is 15.6 Å². The van der Waals surface area contributed by atoms with Crippen molar-refractivity contribution in [2.75, 3.05) is 19.3 Å². The lowest BCUT2D eigenvalue weighted by Crippen LogP contribution is -2.37. The number of nitrogens with zero attached hydrogens (tertiary/aromatic N) is 1. The molecule has 140 valence electrons. The lowest BCUT2D eigenvalue weighted by atomic mass is 10.2. The van der Waals surface area contributed by atoms with E-state index in [0.717, 1.165) is 27.8 Å². The Morgan fingerprint density at radius 1 is 1.19 bits per heavy atom. The third-order valence-corrected chi connectivity index (χ3v) is 5.56. The number of thioether (sulfide) groups is 1. The Morgan fingerprint density at radius 3 is 2.58 bits per heavy atom. The molecule has 0 aliphatic heterocycles. The number of hydrogen-bond donors (Lipinski definition) is 3. The maximum absolute atomic E-state index is 11.4. The second-order valence-corrected chi connectivity index (χ2v) is 8.51. The molecule has 0 amide bonds. The lowest BCUT2D eigenvalue weighted by molar-refractivity contribution is 0.597. The average molecular weight is 413 g/mol. The first-order valence-electron chi connectivity index (χ1n) is 7.83. The number of benzene rings is 2. The maximum Gasteiger partial charge on any atom is 0.238 e. The summed E-state index contributed by atoms with van der Waals surface area (Å²) >= 11 is 7.58. The molecule has 0 aliphatic rings. The molecule has 26 heavy (non-hydrogen) atoms. The quantitative estimate of drug-likeness (QED) is 0.281. The Labute approximate surface area is 163 Å². The first-order valence-corrected chi connectivity index (χ1v) is 10.7. The highest BCUT2D eigenvalue weighted by Gasteiger charge is 2.08. The number of nitrogens with two attached hydrogens (primary N) is 1. The largest absolute Gasteiger partial charge is 0.356 e. The standard InChI is InChI=1S/C17H21ClN4O2S2/c1-20-17(21-9-10-25-15-7-5-14(18)6-8-15)22-12-13-3-2-4-16(11-13)26(19,23)24/h2-8,11H,9-10,12H2,1H3,(H2,19,23,24)(H2,20,21,22). The summed E-state index contributed by atoms with van der Waals surface area (Å²) in [6.45, 7) is 1.16. The molecular formula is C17H21ClN4O2S2. The van der Waals surface area contributed by atoms with Gasteiger partial charge in [-0.1, -0.05) is 23.7 Å². The highest BCUT2D eigenvalue weighted by atomic mass is 35.5. The van der Waals surface area contributed by atoms with E-state index in [1.165, 1.54) is 6.07 Å². The molecule has 9 heteroatoms. The van der Waals surface area contributed by atoms with E-state index in [-0.39, 0.29) is 4.90 Å². The summed E-state index contributed by atoms with van der Waals surface area (Å²) < 4.78 is 22.8. The monoisotopic (exact) mass is 412 g/mol. The van der Waals surface area contributed by atoms with Crippen LogP contribution in [0, 0.1) is 0 Å². The predicted octanol–water partition coefficient (Wildman–Crippen LogP) is 2.44. The number of guanidine groups is 1. The van der Waals surface area contributed by atoms with E-state index < -0.39 is 10.0 Å². The van der Waals surface area contributed by atoms with Gasteiger partial charge in [0, 0.05) is 35.8 Å². The van der Waals surface area contributed by atoms with Crippen LogP contribution < -0.4 is 15.8 Å². The van der Waals surface area contributed by atoms with Crippen LogP contribution in [0.2, 0.25) is 5.02 Å². The second-order valence-electron chi connectivity index (χ2n) is 5.35. The maximum atomic E-state index is 11.4. The van der Waals surface area contributed by atoms with E-state index in [9.17, 15) is 8.42 Å². The fourth-order valence-electron chi connectivity index (χ4n) is 2.11. The zero-order chi connectivity index (χ0) is 19.0. The molecule has 0 saturated carbocycles. The van der Waals surface area contributed by atoms with Gasteiger partial charge in [0.2, 0.25) is 10.0 Å². The molecule has 0 fully saturated rings. The van der Waals surface area contributed by atoms with Gasteiger partial charge in [-0.05, 0) is 42.0 Å². The molecule has 2 rings (SSSR count). The summed E-state index contributed by atoms with van der Waals surface area (Å²) in [7, 11) is -2.02. The zero-order valence-electron chi connectivity index (χ0n) is 14.3. The van der Waals surface area contributed by atoms with E-state index >= 15 is 0 Å². The number of rotatable bonds is 7. The average Bonchev–Trinajstić information content (AvgIpc) is 2.62. The van der Waals surface area contributed by atoms with Gasteiger partial charge in [0.25, 0.3) is 0 Å². The van der Waals surface area contributed by atoms with Crippen LogP contribution in [0.3, 0.4) is 0 Å². The molecule has 0 unspecified atom stereocenters. The van der Waals surface area contributed by atoms with Gasteiger partial charge in [-0.3, -0.25) is 4.99 Å². The second kappa shape index (κ2) is 9.82. The molecule has 0 saturated heterocycles. The van der Waals surface area contributed by atoms with Crippen molar-refractivity contribution in [1.82, 2.24) is 10.6 Å². The SMILES string of the molecule is CN=C(NCCSc1ccc(Cl)cc1)NCc1cccc(S(N)(=O)=O)c1. The fourth-order valence-corrected chi connectivity index (χ4v) is 3.59. The van der Waals surface area contributed by atoms with Crippen LogP contribution in [-0.4, -0.2) is 33.7 Å². The Balaban J connectivity index is 1.78. The van der Waals surface area contributed by atoms with Crippen molar-refractivity contribution >= 4 is 39.3 Å². The number of aliphatic imine (C=N–C) groups is 1. The van der Waals surface area contributed by atoms with E-state index in [0.29, 0.717) is 12.5 Å². The van der Waals surface area contributed by atoms with Gasteiger partial charge < -0.3 is 10.6 Å². The molecular weight excluding hydrogens is 392 g/mol. The van der Waals surface area contributed by atoms with Gasteiger partial charge in [0.15, 0.2) is 5.96 Å². The molecule has 0 bridgehead atoms. The number of primary sulfonamides is 1. The normalized spacial score (nSPS) is 12.0. The topological polar surface area (TPSA) is 96.6 Å². The summed E-state index contributed by atoms with van der Waals surface area (Å²) in [6, 6.07) is 14.2. The number of halogens is 1. The highest BCUT2D eigenvalue weighted by molar-refractivity contribution is 7.99. The van der Waals surface area contributed by atoms with Crippen molar-refractivity contribution in [3.8, 4) is 0 Å². The van der Waals surface area contributed by atoms with Crippen molar-refractivity contribution in [3.05, 3.63) is 59.1 Å². The van der Waals surface area contributed by atoms with Crippen molar-refractivity contribution in [2.45, 2.75) is 16.3 Å². The van der Waals surface area contributed by atoms with Gasteiger partial charge in [-0.15, -0.1) is 11.8 Å². The van der Waals surface area contributed by atoms with Crippen molar-refractivity contribution in [1.29, 1.82) is 0 Å². The van der Waals surface area contributed by atoms with Gasteiger partial charge in [-0.25, -0.2) is 13.6 Å². The Kier molecular flexibility index (Phi) is 7.77. The first kappa shape index (κ1) is 20.6. The number of nitrogens with one attached hydrogen (secondary N) is 2. The summed E-state index contributed by atoms with van der Waals surface area (Å²) in [5.74, 6) is 1.51. The van der Waals surface area contributed by atoms with E-state index in [4.69, 9.17) is 16.7 Å². The molecule has 0 spiro atoms. The first-order chi connectivity index (χ1) is 12.4. The fraction of sp³-hybridized carbons (Fsp3) is 0.235. The van der Waals surface area contributed by atoms with Gasteiger partial charge in [0.05, 0.1) is 4.90 Å². The third kappa shape index (κ3) is 6.87. The molecule has 2 aromatic carbocycles. The van der Waals surface area contributed by atoms with E-state index in [1.807, 2.05) is 30.3 Å². The highest BCUT2D eigenvalue weighted by Crippen LogP contribution is 2.19. The van der Waals surface area contributed by atoms with Crippen molar-refractivity contribution < 1.29 is 8.42 Å². The van der Waals surface area contributed by atoms with Gasteiger partial charge in [-0.2, -0.15) is 0 Å². The third-order valence-electron chi connectivity index (χ3n) is 3.39. The molecule has 0 aliphatic carbocycles. The Bertz CT molecular complexity index is 855. The van der Waals surface area contributed by atoms with Crippen LogP contribution in [0.15, 0.2) is 63.3 Å². The summed E-state index contributed by atoms with van der Waals surface area (Å²) in [4.78, 5) is 5.40. The summed E-state index contributed by atoms with van der Waals surface area (Å²) in [5, 5.41) is 12.2. The van der Waals surface area contributed by atoms with Crippen LogP contribution >= 0.6 is 23.4 Å². The Hall–Kier alpha value is -1.74. The zero-order valence-corrected chi connectivity index (χ0v) is 16.7. The van der Waals surface area contributed by atoms with Crippen LogP contribution in [0.4, 0.5) is 0 Å². The summed E-state index contributed by atoms with van der Waals surface area (Å²) in [5.41, 5.74) is 0.801. The minimum atomic E-state index is -3.70. The molecule has 0 aromatic heterocycles. The molecule has 4 N–H and O–H groups in total. The van der Waals surface area contributed by atoms with Crippen molar-refractivity contribution in [3.63, 3.8) is 0 Å². The Morgan fingerprint density at radius 2 is 1.92 bits per heavy atom. The molecule has 0 heterocycles. The molecule has 0 radical (unpaired) electrons. The predicted molar refractivity (Wildman–Crippen MR) is 108 cm³/mol. The summed E-state index contributed by atoms with van der Waals surface area (Å²) in [6.07, 6.45) is 0. The van der Waals surface area contributed by atoms with Gasteiger partial charge in [0.1, 0.15) is 0 Å². The van der Waals surface area contributed by atoms with Crippen molar-refractivity contribution in [2.24, 2.45) is 10.1 Å². The molecule has 6 nitrogen and oxygen atoms in total. The minimum absolute atomic E-state index is 0.0964. The van der Waals surface area contributed by atoms with Gasteiger partial charge >= 0.3 is 0 Å². The molecule has 0 atom stereocenters. The van der Waals surface area contributed by atoms with E-state index in [1.54, 1.807) is 30.9 Å².